The van der Waals surface area contributed by atoms with Gasteiger partial charge >= 0.3 is 0 Å². The van der Waals surface area contributed by atoms with Gasteiger partial charge in [-0.05, 0) is 18.2 Å². The highest BCUT2D eigenvalue weighted by molar-refractivity contribution is 6.42. The molecule has 4 heterocycles. The molecule has 0 saturated carbocycles. The molecule has 3 aromatic rings. The molecule has 9 heteroatoms. The van der Waals surface area contributed by atoms with Gasteiger partial charge in [0.2, 0.25) is 5.88 Å². The normalized spacial score (nSPS) is 15.5. The molecule has 2 aliphatic rings. The number of hydrogen-bond acceptors (Lipinski definition) is 5. The first-order chi connectivity index (χ1) is 13.9. The average molecular weight is 430 g/mol. The second-order valence-corrected chi connectivity index (χ2v) is 8.15. The van der Waals surface area contributed by atoms with Crippen LogP contribution in [0.2, 0.25) is 10.0 Å². The minimum atomic E-state index is -0.105. The highest BCUT2D eigenvalue weighted by atomic mass is 35.5. The van der Waals surface area contributed by atoms with Crippen molar-refractivity contribution in [2.75, 3.05) is 12.3 Å². The third-order valence-electron chi connectivity index (χ3n) is 5.40. The van der Waals surface area contributed by atoms with E-state index < -0.39 is 0 Å². The van der Waals surface area contributed by atoms with Gasteiger partial charge in [-0.1, -0.05) is 40.5 Å². The first-order valence-corrected chi connectivity index (χ1v) is 9.92. The predicted octanol–water partition coefficient (Wildman–Crippen LogP) is 3.74. The molecule has 2 aromatic heterocycles. The van der Waals surface area contributed by atoms with E-state index in [1.165, 1.54) is 0 Å². The molecular formula is C20H17Cl2N5O2. The molecule has 2 aliphatic heterocycles. The number of carbonyl (C=O) groups is 1. The SMILES string of the molecule is C=C1Cc2c(noc2N)-c2c3c(nn2C1)CCN(C(=O)c1ccc(Cl)c(Cl)c1)C3. The Labute approximate surface area is 176 Å². The zero-order valence-corrected chi connectivity index (χ0v) is 16.9. The molecule has 0 aliphatic carbocycles. The van der Waals surface area contributed by atoms with Crippen LogP contribution in [0.15, 0.2) is 34.9 Å². The number of nitrogen functional groups attached to an aromatic ring is 1. The Kier molecular flexibility index (Phi) is 4.18. The van der Waals surface area contributed by atoms with Crippen molar-refractivity contribution in [3.8, 4) is 11.4 Å². The van der Waals surface area contributed by atoms with Crippen molar-refractivity contribution < 1.29 is 9.32 Å². The smallest absolute Gasteiger partial charge is 0.254 e. The summed E-state index contributed by atoms with van der Waals surface area (Å²) in [6.07, 6.45) is 1.24. The molecule has 0 atom stereocenters. The summed E-state index contributed by atoms with van der Waals surface area (Å²) >= 11 is 12.1. The second kappa shape index (κ2) is 6.64. The van der Waals surface area contributed by atoms with Crippen LogP contribution in [0.3, 0.4) is 0 Å². The lowest BCUT2D eigenvalue weighted by Gasteiger charge is -2.27. The Morgan fingerprint density at radius 2 is 2.03 bits per heavy atom. The van der Waals surface area contributed by atoms with E-state index in [9.17, 15) is 4.79 Å². The highest BCUT2D eigenvalue weighted by Crippen LogP contribution is 2.38. The zero-order chi connectivity index (χ0) is 20.3. The lowest BCUT2D eigenvalue weighted by Crippen LogP contribution is -2.36. The molecule has 0 radical (unpaired) electrons. The van der Waals surface area contributed by atoms with Crippen molar-refractivity contribution >= 4 is 35.0 Å². The molecule has 1 aromatic carbocycles. The highest BCUT2D eigenvalue weighted by Gasteiger charge is 2.33. The third-order valence-corrected chi connectivity index (χ3v) is 6.14. The van der Waals surface area contributed by atoms with E-state index in [0.29, 0.717) is 59.7 Å². The van der Waals surface area contributed by atoms with Crippen molar-refractivity contribution in [1.29, 1.82) is 0 Å². The summed E-state index contributed by atoms with van der Waals surface area (Å²) in [4.78, 5) is 14.8. The number of halogens is 2. The molecule has 2 N–H and O–H groups in total. The van der Waals surface area contributed by atoms with E-state index in [2.05, 4.69) is 11.7 Å². The topological polar surface area (TPSA) is 90.2 Å². The summed E-state index contributed by atoms with van der Waals surface area (Å²) < 4.78 is 7.14. The minimum absolute atomic E-state index is 0.105. The second-order valence-electron chi connectivity index (χ2n) is 7.34. The van der Waals surface area contributed by atoms with Crippen LogP contribution in [0.25, 0.3) is 11.4 Å². The summed E-state index contributed by atoms with van der Waals surface area (Å²) in [7, 11) is 0. The van der Waals surface area contributed by atoms with E-state index in [0.717, 1.165) is 28.1 Å². The summed E-state index contributed by atoms with van der Waals surface area (Å²) in [5.41, 5.74) is 11.7. The van der Waals surface area contributed by atoms with Gasteiger partial charge in [0.05, 0.1) is 40.1 Å². The van der Waals surface area contributed by atoms with E-state index in [1.54, 1.807) is 23.1 Å². The number of carbonyl (C=O) groups excluding carboxylic acids is 1. The molecule has 7 nitrogen and oxygen atoms in total. The Morgan fingerprint density at radius 3 is 2.83 bits per heavy atom. The first kappa shape index (κ1) is 18.3. The largest absolute Gasteiger partial charge is 0.367 e. The van der Waals surface area contributed by atoms with Gasteiger partial charge in [-0.15, -0.1) is 0 Å². The van der Waals surface area contributed by atoms with Crippen molar-refractivity contribution in [2.24, 2.45) is 0 Å². The van der Waals surface area contributed by atoms with Crippen molar-refractivity contribution in [3.63, 3.8) is 0 Å². The van der Waals surface area contributed by atoms with Crippen molar-refractivity contribution in [2.45, 2.75) is 25.9 Å². The lowest BCUT2D eigenvalue weighted by molar-refractivity contribution is 0.0734. The number of fused-ring (bicyclic) bond motifs is 5. The molecular weight excluding hydrogens is 413 g/mol. The number of nitrogens with zero attached hydrogens (tertiary/aromatic N) is 4. The Hall–Kier alpha value is -2.77. The number of aromatic nitrogens is 3. The van der Waals surface area contributed by atoms with E-state index in [1.807, 2.05) is 4.68 Å². The maximum absolute atomic E-state index is 13.1. The number of nitrogens with two attached hydrogens (primary N) is 1. The summed E-state index contributed by atoms with van der Waals surface area (Å²) in [5, 5.41) is 9.72. The fourth-order valence-electron chi connectivity index (χ4n) is 3.99. The zero-order valence-electron chi connectivity index (χ0n) is 15.4. The van der Waals surface area contributed by atoms with Crippen molar-refractivity contribution in [3.05, 3.63) is 62.8 Å². The van der Waals surface area contributed by atoms with Crippen LogP contribution < -0.4 is 5.73 Å². The summed E-state index contributed by atoms with van der Waals surface area (Å²) in [6.45, 7) is 5.69. The maximum atomic E-state index is 13.1. The standard InChI is InChI=1S/C20H17Cl2N5O2/c1-10-6-12-17(25-29-19(12)23)18-13-9-26(5-4-16(13)24-27(18)8-10)20(28)11-2-3-14(21)15(22)7-11/h2-3,7H,1,4-6,8-9,23H2. The molecule has 0 spiro atoms. The van der Waals surface area contributed by atoms with Gasteiger partial charge < -0.3 is 15.2 Å². The summed E-state index contributed by atoms with van der Waals surface area (Å²) in [6, 6.07) is 4.92. The summed E-state index contributed by atoms with van der Waals surface area (Å²) in [5.74, 6) is 0.191. The Balaban J connectivity index is 1.54. The number of rotatable bonds is 1. The molecule has 148 valence electrons. The first-order valence-electron chi connectivity index (χ1n) is 9.16. The van der Waals surface area contributed by atoms with Crippen LogP contribution in [0, 0.1) is 0 Å². The fourth-order valence-corrected chi connectivity index (χ4v) is 4.29. The Morgan fingerprint density at radius 1 is 1.21 bits per heavy atom. The van der Waals surface area contributed by atoms with E-state index in [-0.39, 0.29) is 5.91 Å². The van der Waals surface area contributed by atoms with Crippen molar-refractivity contribution in [1.82, 2.24) is 19.8 Å². The van der Waals surface area contributed by atoms with Gasteiger partial charge in [-0.25, -0.2) is 0 Å². The molecule has 0 unspecified atom stereocenters. The maximum Gasteiger partial charge on any atom is 0.254 e. The number of benzene rings is 1. The molecule has 29 heavy (non-hydrogen) atoms. The third kappa shape index (κ3) is 2.92. The monoisotopic (exact) mass is 429 g/mol. The van der Waals surface area contributed by atoms with Gasteiger partial charge in [-0.3, -0.25) is 9.48 Å². The van der Waals surface area contributed by atoms with Crippen LogP contribution in [0.5, 0.6) is 0 Å². The number of allylic oxidation sites excluding steroid dienone is 1. The van der Waals surface area contributed by atoms with Gasteiger partial charge in [0, 0.05) is 30.5 Å². The van der Waals surface area contributed by atoms with E-state index in [4.69, 9.17) is 38.6 Å². The van der Waals surface area contributed by atoms with Crippen LogP contribution in [-0.2, 0) is 25.9 Å². The average Bonchev–Trinajstić information content (AvgIpc) is 3.18. The van der Waals surface area contributed by atoms with Gasteiger partial charge in [-0.2, -0.15) is 5.10 Å². The molecule has 5 rings (SSSR count). The molecule has 0 bridgehead atoms. The van der Waals surface area contributed by atoms with Gasteiger partial charge in [0.1, 0.15) is 5.69 Å². The van der Waals surface area contributed by atoms with Gasteiger partial charge in [0.25, 0.3) is 5.91 Å². The number of amides is 1. The van der Waals surface area contributed by atoms with Crippen LogP contribution in [0.1, 0.15) is 27.2 Å². The molecule has 0 fully saturated rings. The number of hydrogen-bond donors (Lipinski definition) is 1. The van der Waals surface area contributed by atoms with Gasteiger partial charge in [0.15, 0.2) is 0 Å². The van der Waals surface area contributed by atoms with Crippen LogP contribution in [0.4, 0.5) is 5.88 Å². The fraction of sp³-hybridized carbons (Fsp3) is 0.250. The van der Waals surface area contributed by atoms with Crippen LogP contribution >= 0.6 is 23.2 Å². The van der Waals surface area contributed by atoms with E-state index >= 15 is 0 Å². The molecule has 1 amide bonds. The number of anilines is 1. The molecule has 0 saturated heterocycles. The quantitative estimate of drug-likeness (QED) is 0.594. The Bertz CT molecular complexity index is 1180. The predicted molar refractivity (Wildman–Crippen MR) is 110 cm³/mol. The van der Waals surface area contributed by atoms with Crippen LogP contribution in [-0.4, -0.2) is 32.3 Å². The minimum Gasteiger partial charge on any atom is -0.367 e. The lowest BCUT2D eigenvalue weighted by atomic mass is 10.00.